The third kappa shape index (κ3) is 2.25. The second-order valence-corrected chi connectivity index (χ2v) is 9.64. The van der Waals surface area contributed by atoms with Crippen LogP contribution >= 0.6 is 0 Å². The third-order valence-electron chi connectivity index (χ3n) is 8.60. The Morgan fingerprint density at radius 2 is 1.86 bits per heavy atom. The fraction of sp³-hybridized carbons (Fsp3) is 0.857. The molecule has 0 amide bonds. The molecular formula is C21H32O7. The van der Waals surface area contributed by atoms with Gasteiger partial charge in [0.05, 0.1) is 24.9 Å². The molecule has 158 valence electrons. The second kappa shape index (κ2) is 6.25. The number of ether oxygens (including phenoxy) is 3. The first-order chi connectivity index (χ1) is 13.0. The maximum atomic E-state index is 13.4. The van der Waals surface area contributed by atoms with Crippen molar-refractivity contribution >= 4 is 5.78 Å². The SMILES string of the molecule is COC1=CC[C@@H]2C[C@H]3O[C@@H](OC)C[C@H]4[C@](C)(O)[C@H](O)[C@@H](O)[C@H]([C@@]2(C)C1=O)[C@@]34C. The van der Waals surface area contributed by atoms with Gasteiger partial charge in [-0.05, 0) is 31.8 Å². The highest BCUT2D eigenvalue weighted by Gasteiger charge is 2.74. The largest absolute Gasteiger partial charge is 0.493 e. The van der Waals surface area contributed by atoms with Gasteiger partial charge in [-0.2, -0.15) is 0 Å². The lowest BCUT2D eigenvalue weighted by atomic mass is 9.38. The number of ketones is 1. The summed E-state index contributed by atoms with van der Waals surface area (Å²) in [6, 6.07) is 0. The molecule has 0 aromatic carbocycles. The molecule has 4 rings (SSSR count). The van der Waals surface area contributed by atoms with Crippen molar-refractivity contribution in [1.29, 1.82) is 0 Å². The van der Waals surface area contributed by atoms with Crippen molar-refractivity contribution in [2.24, 2.45) is 28.6 Å². The van der Waals surface area contributed by atoms with Gasteiger partial charge in [-0.25, -0.2) is 0 Å². The average molecular weight is 396 g/mol. The number of hydrogen-bond acceptors (Lipinski definition) is 7. The second-order valence-electron chi connectivity index (χ2n) is 9.64. The molecule has 1 saturated heterocycles. The predicted molar refractivity (Wildman–Crippen MR) is 98.9 cm³/mol. The number of aliphatic hydroxyl groups excluding tert-OH is 2. The molecule has 0 spiro atoms. The van der Waals surface area contributed by atoms with E-state index in [0.29, 0.717) is 25.0 Å². The van der Waals surface area contributed by atoms with Gasteiger partial charge in [-0.3, -0.25) is 4.79 Å². The summed E-state index contributed by atoms with van der Waals surface area (Å²) >= 11 is 0. The molecule has 3 N–H and O–H groups in total. The highest BCUT2D eigenvalue weighted by Crippen LogP contribution is 2.68. The van der Waals surface area contributed by atoms with Crippen LogP contribution in [0.1, 0.15) is 40.0 Å². The van der Waals surface area contributed by atoms with Crippen LogP contribution in [0.2, 0.25) is 0 Å². The molecule has 3 aliphatic carbocycles. The maximum absolute atomic E-state index is 13.4. The first-order valence-electron chi connectivity index (χ1n) is 10.1. The Labute approximate surface area is 165 Å². The van der Waals surface area contributed by atoms with E-state index in [9.17, 15) is 20.1 Å². The Balaban J connectivity index is 1.90. The van der Waals surface area contributed by atoms with E-state index in [1.165, 1.54) is 7.11 Å². The maximum Gasteiger partial charge on any atom is 0.203 e. The van der Waals surface area contributed by atoms with Gasteiger partial charge in [-0.15, -0.1) is 0 Å². The van der Waals surface area contributed by atoms with Crippen LogP contribution < -0.4 is 0 Å². The van der Waals surface area contributed by atoms with Crippen LogP contribution in [0.25, 0.3) is 0 Å². The third-order valence-corrected chi connectivity index (χ3v) is 8.60. The van der Waals surface area contributed by atoms with Crippen molar-refractivity contribution in [1.82, 2.24) is 0 Å². The molecule has 1 aliphatic heterocycles. The molecular weight excluding hydrogens is 364 g/mol. The van der Waals surface area contributed by atoms with Gasteiger partial charge in [0.2, 0.25) is 5.78 Å². The summed E-state index contributed by atoms with van der Waals surface area (Å²) in [6.45, 7) is 5.44. The summed E-state index contributed by atoms with van der Waals surface area (Å²) in [7, 11) is 3.05. The zero-order chi connectivity index (χ0) is 20.6. The van der Waals surface area contributed by atoms with Crippen LogP contribution in [0.4, 0.5) is 0 Å². The average Bonchev–Trinajstić information content (AvgIpc) is 2.65. The van der Waals surface area contributed by atoms with Crippen LogP contribution in [0.3, 0.4) is 0 Å². The zero-order valence-electron chi connectivity index (χ0n) is 17.2. The number of carbonyl (C=O) groups excluding carboxylic acids is 1. The predicted octanol–water partition coefficient (Wildman–Crippen LogP) is 1.00. The van der Waals surface area contributed by atoms with Crippen molar-refractivity contribution in [3.05, 3.63) is 11.8 Å². The van der Waals surface area contributed by atoms with Crippen LogP contribution in [-0.4, -0.2) is 65.5 Å². The fourth-order valence-corrected chi connectivity index (χ4v) is 7.11. The number of fused-ring (bicyclic) bond motifs is 2. The monoisotopic (exact) mass is 396 g/mol. The molecule has 10 atom stereocenters. The quantitative estimate of drug-likeness (QED) is 0.639. The highest BCUT2D eigenvalue weighted by atomic mass is 16.7. The van der Waals surface area contributed by atoms with Gasteiger partial charge in [0.25, 0.3) is 0 Å². The minimum absolute atomic E-state index is 0.0527. The molecule has 7 nitrogen and oxygen atoms in total. The lowest BCUT2D eigenvalue weighted by Gasteiger charge is -2.70. The first kappa shape index (κ1) is 20.3. The number of allylic oxidation sites excluding steroid dienone is 2. The van der Waals surface area contributed by atoms with E-state index in [-0.39, 0.29) is 17.8 Å². The van der Waals surface area contributed by atoms with Crippen LogP contribution in [0.5, 0.6) is 0 Å². The van der Waals surface area contributed by atoms with Gasteiger partial charge in [0, 0.05) is 36.2 Å². The van der Waals surface area contributed by atoms with Crippen molar-refractivity contribution in [2.75, 3.05) is 14.2 Å². The number of aliphatic hydroxyl groups is 3. The lowest BCUT2D eigenvalue weighted by molar-refractivity contribution is -0.353. The van der Waals surface area contributed by atoms with Crippen LogP contribution in [0.15, 0.2) is 11.8 Å². The summed E-state index contributed by atoms with van der Waals surface area (Å²) in [6.07, 6.45) is 0.0506. The van der Waals surface area contributed by atoms with E-state index in [1.807, 2.05) is 19.9 Å². The smallest absolute Gasteiger partial charge is 0.203 e. The van der Waals surface area contributed by atoms with E-state index >= 15 is 0 Å². The van der Waals surface area contributed by atoms with E-state index in [1.54, 1.807) is 14.0 Å². The Hall–Kier alpha value is -0.990. The summed E-state index contributed by atoms with van der Waals surface area (Å²) in [5, 5.41) is 33.4. The van der Waals surface area contributed by atoms with E-state index < -0.39 is 46.8 Å². The van der Waals surface area contributed by atoms with Crippen molar-refractivity contribution in [2.45, 2.75) is 70.2 Å². The fourth-order valence-electron chi connectivity index (χ4n) is 7.11. The van der Waals surface area contributed by atoms with Crippen LogP contribution in [0, 0.1) is 28.6 Å². The van der Waals surface area contributed by atoms with E-state index in [4.69, 9.17) is 14.2 Å². The minimum Gasteiger partial charge on any atom is -0.493 e. The van der Waals surface area contributed by atoms with Gasteiger partial charge in [0.15, 0.2) is 12.0 Å². The molecule has 28 heavy (non-hydrogen) atoms. The molecule has 4 aliphatic rings. The van der Waals surface area contributed by atoms with Crippen molar-refractivity contribution in [3.63, 3.8) is 0 Å². The van der Waals surface area contributed by atoms with Crippen molar-refractivity contribution in [3.8, 4) is 0 Å². The summed E-state index contributed by atoms with van der Waals surface area (Å²) in [5.74, 6) is -0.856. The molecule has 7 heteroatoms. The molecule has 0 unspecified atom stereocenters. The number of carbonyl (C=O) groups is 1. The Kier molecular flexibility index (Phi) is 4.53. The molecule has 0 radical (unpaired) electrons. The zero-order valence-corrected chi connectivity index (χ0v) is 17.2. The number of hydrogen-bond donors (Lipinski definition) is 3. The Morgan fingerprint density at radius 1 is 1.18 bits per heavy atom. The van der Waals surface area contributed by atoms with Crippen molar-refractivity contribution < 1.29 is 34.3 Å². The number of Topliss-reactive ketones (excluding diaryl/α,β-unsaturated/α-hetero) is 1. The topological polar surface area (TPSA) is 105 Å². The Morgan fingerprint density at radius 3 is 2.46 bits per heavy atom. The van der Waals surface area contributed by atoms with Gasteiger partial charge in [0.1, 0.15) is 6.10 Å². The van der Waals surface area contributed by atoms with Gasteiger partial charge < -0.3 is 29.5 Å². The summed E-state index contributed by atoms with van der Waals surface area (Å²) < 4.78 is 17.0. The molecule has 0 bridgehead atoms. The normalized spacial score (nSPS) is 55.8. The first-order valence-corrected chi connectivity index (χ1v) is 10.1. The van der Waals surface area contributed by atoms with Gasteiger partial charge in [-0.1, -0.05) is 13.8 Å². The Bertz CT molecular complexity index is 703. The standard InChI is InChI=1S/C21H32O7/c1-19-10(6-7-11(26-4)17(19)23)8-13-20(2)12(9-14(27-5)28-13)21(3,25)18(24)15(22)16(19)20/h7,10,12-16,18,22,24-25H,6,8-9H2,1-5H3/t10-,12-,13-,14-,15+,16-,18-,19+,20-,21+/m1/s1. The molecule has 3 fully saturated rings. The lowest BCUT2D eigenvalue weighted by Crippen LogP contribution is -2.77. The number of methoxy groups -OCH3 is 2. The summed E-state index contributed by atoms with van der Waals surface area (Å²) in [5.41, 5.74) is -3.14. The summed E-state index contributed by atoms with van der Waals surface area (Å²) in [4.78, 5) is 13.4. The molecule has 0 aromatic rings. The number of rotatable bonds is 2. The van der Waals surface area contributed by atoms with E-state index in [0.717, 1.165) is 0 Å². The van der Waals surface area contributed by atoms with Crippen LogP contribution in [-0.2, 0) is 19.0 Å². The molecule has 2 saturated carbocycles. The van der Waals surface area contributed by atoms with E-state index in [2.05, 4.69) is 0 Å². The highest BCUT2D eigenvalue weighted by molar-refractivity contribution is 5.99. The minimum atomic E-state index is -1.52. The molecule has 1 heterocycles. The molecule has 0 aromatic heterocycles. The van der Waals surface area contributed by atoms with Gasteiger partial charge >= 0.3 is 0 Å².